The Labute approximate surface area is 243 Å². The number of carbonyl (C=O) groups is 1. The van der Waals surface area contributed by atoms with Gasteiger partial charge in [0, 0.05) is 44.0 Å². The molecule has 0 spiro atoms. The number of aryl methyl sites for hydroxylation is 1. The lowest BCUT2D eigenvalue weighted by atomic mass is 10.0. The Hall–Kier alpha value is -4.11. The second-order valence-corrected chi connectivity index (χ2v) is 11.0. The number of carbonyl (C=O) groups excluding carboxylic acids is 1. The zero-order valence-corrected chi connectivity index (χ0v) is 24.4. The van der Waals surface area contributed by atoms with Gasteiger partial charge in [-0.2, -0.15) is 4.98 Å². The molecule has 1 amide bonds. The van der Waals surface area contributed by atoms with Crippen LogP contribution in [0.25, 0.3) is 0 Å². The van der Waals surface area contributed by atoms with Gasteiger partial charge in [-0.15, -0.1) is 0 Å². The molecule has 0 radical (unpaired) electrons. The van der Waals surface area contributed by atoms with E-state index in [0.29, 0.717) is 29.2 Å². The molecule has 5 rings (SSSR count). The standard InChI is InChI=1S/C32H41N7O2/c1-5-31(40)34-27-21-26(11-9-23(27)2)41-32-28(39-17-7-6-8-18-39)12-14-30(36-32)35-29-13-10-25(22-33-29)38-19-15-24(16-20-38)37(3)4/h5,9-14,21-22,24H,1,6-8,15-20H2,2-4H3,(H,34,40)(H,33,35,36). The number of benzene rings is 1. The number of amides is 1. The summed E-state index contributed by atoms with van der Waals surface area (Å²) in [7, 11) is 4.32. The predicted molar refractivity (Wildman–Crippen MR) is 167 cm³/mol. The summed E-state index contributed by atoms with van der Waals surface area (Å²) in [6.07, 6.45) is 9.03. The fourth-order valence-electron chi connectivity index (χ4n) is 5.47. The maximum atomic E-state index is 11.9. The molecule has 2 N–H and O–H groups in total. The van der Waals surface area contributed by atoms with E-state index >= 15 is 0 Å². The molecule has 9 heteroatoms. The number of hydrogen-bond donors (Lipinski definition) is 2. The highest BCUT2D eigenvalue weighted by Gasteiger charge is 2.21. The summed E-state index contributed by atoms with van der Waals surface area (Å²) in [4.78, 5) is 28.5. The molecule has 3 aromatic rings. The summed E-state index contributed by atoms with van der Waals surface area (Å²) in [5, 5.41) is 6.20. The number of piperidine rings is 2. The maximum absolute atomic E-state index is 11.9. The molecular formula is C32H41N7O2. The van der Waals surface area contributed by atoms with Gasteiger partial charge < -0.3 is 30.1 Å². The van der Waals surface area contributed by atoms with Crippen LogP contribution in [0.1, 0.15) is 37.7 Å². The summed E-state index contributed by atoms with van der Waals surface area (Å²) in [5.74, 6) is 2.23. The highest BCUT2D eigenvalue weighted by atomic mass is 16.5. The van der Waals surface area contributed by atoms with Crippen LogP contribution in [0.4, 0.5) is 28.7 Å². The fourth-order valence-corrected chi connectivity index (χ4v) is 5.47. The average molecular weight is 556 g/mol. The van der Waals surface area contributed by atoms with Crippen molar-refractivity contribution < 1.29 is 9.53 Å². The number of ether oxygens (including phenoxy) is 1. The monoisotopic (exact) mass is 555 g/mol. The third kappa shape index (κ3) is 7.16. The fraction of sp³-hybridized carbons (Fsp3) is 0.406. The first-order valence-electron chi connectivity index (χ1n) is 14.5. The van der Waals surface area contributed by atoms with Crippen LogP contribution in [0.15, 0.2) is 61.3 Å². The number of hydrogen-bond acceptors (Lipinski definition) is 8. The van der Waals surface area contributed by atoms with Crippen LogP contribution in [0.3, 0.4) is 0 Å². The normalized spacial score (nSPS) is 16.0. The lowest BCUT2D eigenvalue weighted by Crippen LogP contribution is -2.42. The highest BCUT2D eigenvalue weighted by Crippen LogP contribution is 2.35. The van der Waals surface area contributed by atoms with Gasteiger partial charge in [0.1, 0.15) is 23.1 Å². The van der Waals surface area contributed by atoms with Crippen molar-refractivity contribution in [2.24, 2.45) is 0 Å². The molecule has 0 aliphatic carbocycles. The van der Waals surface area contributed by atoms with Gasteiger partial charge in [-0.1, -0.05) is 12.6 Å². The molecule has 2 aliphatic heterocycles. The number of pyridine rings is 2. The van der Waals surface area contributed by atoms with Gasteiger partial charge in [0.2, 0.25) is 11.8 Å². The van der Waals surface area contributed by atoms with Crippen LogP contribution in [0, 0.1) is 6.92 Å². The van der Waals surface area contributed by atoms with Crippen LogP contribution in [0.5, 0.6) is 11.6 Å². The molecule has 2 aliphatic rings. The van der Waals surface area contributed by atoms with Crippen LogP contribution < -0.4 is 25.2 Å². The smallest absolute Gasteiger partial charge is 0.247 e. The molecule has 0 saturated carbocycles. The van der Waals surface area contributed by atoms with Crippen molar-refractivity contribution in [3.63, 3.8) is 0 Å². The van der Waals surface area contributed by atoms with Crippen LogP contribution >= 0.6 is 0 Å². The zero-order chi connectivity index (χ0) is 28.8. The number of anilines is 5. The summed E-state index contributed by atoms with van der Waals surface area (Å²) in [5.41, 5.74) is 3.71. The maximum Gasteiger partial charge on any atom is 0.247 e. The summed E-state index contributed by atoms with van der Waals surface area (Å²) < 4.78 is 6.38. The van der Waals surface area contributed by atoms with Crippen LogP contribution in [-0.4, -0.2) is 67.1 Å². The topological polar surface area (TPSA) is 85.9 Å². The molecule has 2 fully saturated rings. The Morgan fingerprint density at radius 3 is 2.44 bits per heavy atom. The Bertz CT molecular complexity index is 1340. The summed E-state index contributed by atoms with van der Waals surface area (Å²) >= 11 is 0. The van der Waals surface area contributed by atoms with Gasteiger partial charge in [-0.3, -0.25) is 4.79 Å². The van der Waals surface area contributed by atoms with Crippen molar-refractivity contribution in [3.05, 3.63) is 66.9 Å². The Kier molecular flexibility index (Phi) is 9.04. The first kappa shape index (κ1) is 28.4. The van der Waals surface area contributed by atoms with Crippen molar-refractivity contribution in [1.29, 1.82) is 0 Å². The lowest BCUT2D eigenvalue weighted by Gasteiger charge is -2.36. The molecule has 41 heavy (non-hydrogen) atoms. The van der Waals surface area contributed by atoms with Crippen molar-refractivity contribution in [2.75, 3.05) is 60.7 Å². The second-order valence-electron chi connectivity index (χ2n) is 11.0. The Morgan fingerprint density at radius 2 is 1.76 bits per heavy atom. The molecule has 2 saturated heterocycles. The quantitative estimate of drug-likeness (QED) is 0.313. The molecule has 216 valence electrons. The number of nitrogens with one attached hydrogen (secondary N) is 2. The van der Waals surface area contributed by atoms with E-state index in [1.807, 2.05) is 43.5 Å². The van der Waals surface area contributed by atoms with E-state index in [0.717, 1.165) is 74.6 Å². The molecule has 4 heterocycles. The number of rotatable bonds is 9. The molecule has 9 nitrogen and oxygen atoms in total. The van der Waals surface area contributed by atoms with E-state index in [-0.39, 0.29) is 5.91 Å². The average Bonchev–Trinajstić information content (AvgIpc) is 3.00. The molecule has 2 aromatic heterocycles. The third-order valence-corrected chi connectivity index (χ3v) is 7.97. The van der Waals surface area contributed by atoms with E-state index in [1.165, 1.54) is 12.5 Å². The Balaban J connectivity index is 1.34. The first-order chi connectivity index (χ1) is 19.9. The predicted octanol–water partition coefficient (Wildman–Crippen LogP) is 5.97. The largest absolute Gasteiger partial charge is 0.437 e. The van der Waals surface area contributed by atoms with E-state index in [4.69, 9.17) is 9.72 Å². The van der Waals surface area contributed by atoms with Crippen LogP contribution in [-0.2, 0) is 4.79 Å². The SMILES string of the molecule is C=CC(=O)Nc1cc(Oc2nc(Nc3ccc(N4CCC(N(C)C)CC4)cn3)ccc2N2CCCCC2)ccc1C. The van der Waals surface area contributed by atoms with Gasteiger partial charge in [-0.25, -0.2) is 4.98 Å². The minimum absolute atomic E-state index is 0.264. The van der Waals surface area contributed by atoms with E-state index in [9.17, 15) is 4.79 Å². The molecule has 1 aromatic carbocycles. The summed E-state index contributed by atoms with van der Waals surface area (Å²) in [6.45, 7) is 9.49. The van der Waals surface area contributed by atoms with Crippen molar-refractivity contribution >= 4 is 34.6 Å². The Morgan fingerprint density at radius 1 is 1.00 bits per heavy atom. The van der Waals surface area contributed by atoms with E-state index < -0.39 is 0 Å². The van der Waals surface area contributed by atoms with Gasteiger partial charge in [0.05, 0.1) is 11.9 Å². The van der Waals surface area contributed by atoms with Gasteiger partial charge in [0.25, 0.3) is 0 Å². The molecular weight excluding hydrogens is 514 g/mol. The molecule has 0 atom stereocenters. The highest BCUT2D eigenvalue weighted by molar-refractivity contribution is 5.99. The van der Waals surface area contributed by atoms with E-state index in [2.05, 4.69) is 63.1 Å². The third-order valence-electron chi connectivity index (χ3n) is 7.97. The van der Waals surface area contributed by atoms with E-state index in [1.54, 1.807) is 0 Å². The number of nitrogens with zero attached hydrogens (tertiary/aromatic N) is 5. The lowest BCUT2D eigenvalue weighted by molar-refractivity contribution is -0.111. The molecule has 0 bridgehead atoms. The van der Waals surface area contributed by atoms with Crippen molar-refractivity contribution in [1.82, 2.24) is 14.9 Å². The second kappa shape index (κ2) is 13.0. The minimum atomic E-state index is -0.264. The zero-order valence-electron chi connectivity index (χ0n) is 24.4. The minimum Gasteiger partial charge on any atom is -0.437 e. The van der Waals surface area contributed by atoms with Crippen LogP contribution in [0.2, 0.25) is 0 Å². The van der Waals surface area contributed by atoms with Gasteiger partial charge in [0.15, 0.2) is 0 Å². The van der Waals surface area contributed by atoms with Crippen molar-refractivity contribution in [2.45, 2.75) is 45.1 Å². The van der Waals surface area contributed by atoms with Gasteiger partial charge in [-0.05, 0) is 95.1 Å². The molecule has 0 unspecified atom stereocenters. The summed E-state index contributed by atoms with van der Waals surface area (Å²) in [6, 6.07) is 14.4. The first-order valence-corrected chi connectivity index (χ1v) is 14.5. The number of aromatic nitrogens is 2. The van der Waals surface area contributed by atoms with Crippen molar-refractivity contribution in [3.8, 4) is 11.6 Å². The van der Waals surface area contributed by atoms with Gasteiger partial charge >= 0.3 is 0 Å².